The SMILES string of the molecule is C=C(NCCCOCC)c1coc(CN(CCCOCC)C(=O)Nc2ccccc2C)n1. The van der Waals surface area contributed by atoms with E-state index in [1.54, 1.807) is 11.2 Å². The van der Waals surface area contributed by atoms with E-state index in [1.807, 2.05) is 45.0 Å². The average molecular weight is 445 g/mol. The van der Waals surface area contributed by atoms with Gasteiger partial charge in [0.15, 0.2) is 0 Å². The molecule has 0 atom stereocenters. The number of carbonyl (C=O) groups excluding carboxylic acids is 1. The first-order chi connectivity index (χ1) is 15.5. The zero-order valence-electron chi connectivity index (χ0n) is 19.5. The number of aryl methyl sites for hydroxylation is 1. The molecule has 8 nitrogen and oxygen atoms in total. The molecular weight excluding hydrogens is 408 g/mol. The van der Waals surface area contributed by atoms with Gasteiger partial charge in [-0.2, -0.15) is 0 Å². The van der Waals surface area contributed by atoms with E-state index in [-0.39, 0.29) is 12.6 Å². The predicted molar refractivity (Wildman–Crippen MR) is 126 cm³/mol. The zero-order valence-corrected chi connectivity index (χ0v) is 19.5. The number of hydrogen-bond acceptors (Lipinski definition) is 6. The fourth-order valence-electron chi connectivity index (χ4n) is 3.00. The summed E-state index contributed by atoms with van der Waals surface area (Å²) in [5.41, 5.74) is 3.10. The van der Waals surface area contributed by atoms with Crippen LogP contribution in [0.25, 0.3) is 5.70 Å². The van der Waals surface area contributed by atoms with Gasteiger partial charge < -0.3 is 29.4 Å². The third kappa shape index (κ3) is 8.72. The van der Waals surface area contributed by atoms with Crippen molar-refractivity contribution in [3.63, 3.8) is 0 Å². The molecule has 0 unspecified atom stereocenters. The van der Waals surface area contributed by atoms with Crippen molar-refractivity contribution in [2.75, 3.05) is 44.8 Å². The number of para-hydroxylation sites is 1. The third-order valence-corrected chi connectivity index (χ3v) is 4.79. The number of oxazole rings is 1. The van der Waals surface area contributed by atoms with E-state index in [4.69, 9.17) is 13.9 Å². The van der Waals surface area contributed by atoms with Crippen molar-refractivity contribution in [3.8, 4) is 0 Å². The second-order valence-corrected chi connectivity index (χ2v) is 7.30. The van der Waals surface area contributed by atoms with Crippen LogP contribution in [0.4, 0.5) is 10.5 Å². The fourth-order valence-corrected chi connectivity index (χ4v) is 3.00. The van der Waals surface area contributed by atoms with Crippen LogP contribution in [0.3, 0.4) is 0 Å². The van der Waals surface area contributed by atoms with Crippen LogP contribution in [-0.4, -0.2) is 55.4 Å². The summed E-state index contributed by atoms with van der Waals surface area (Å²) in [7, 11) is 0. The van der Waals surface area contributed by atoms with Crippen molar-refractivity contribution in [3.05, 3.63) is 54.3 Å². The molecule has 176 valence electrons. The van der Waals surface area contributed by atoms with E-state index >= 15 is 0 Å². The molecule has 2 N–H and O–H groups in total. The Balaban J connectivity index is 1.97. The van der Waals surface area contributed by atoms with Crippen LogP contribution in [0.5, 0.6) is 0 Å². The Labute approximate surface area is 191 Å². The number of rotatable bonds is 15. The van der Waals surface area contributed by atoms with Gasteiger partial charge in [0.1, 0.15) is 12.0 Å². The highest BCUT2D eigenvalue weighted by Gasteiger charge is 2.18. The standard InChI is InChI=1S/C24H36N4O4/c1-5-30-15-9-13-25-20(4)22-18-32-23(26-22)17-28(14-10-16-31-6-2)24(29)27-21-12-8-7-11-19(21)3/h7-8,11-12,18,25H,4-6,9-10,13-17H2,1-3H3,(H,27,29). The molecule has 32 heavy (non-hydrogen) atoms. The van der Waals surface area contributed by atoms with Crippen molar-refractivity contribution in [1.82, 2.24) is 15.2 Å². The first kappa shape index (κ1) is 25.4. The molecule has 1 aromatic heterocycles. The number of ether oxygens (including phenoxy) is 2. The van der Waals surface area contributed by atoms with Gasteiger partial charge in [0.25, 0.3) is 0 Å². The van der Waals surface area contributed by atoms with Gasteiger partial charge in [-0.25, -0.2) is 9.78 Å². The molecular formula is C24H36N4O4. The van der Waals surface area contributed by atoms with Gasteiger partial charge in [0.05, 0.1) is 12.2 Å². The second kappa shape index (κ2) is 14.3. The Morgan fingerprint density at radius 1 is 1.16 bits per heavy atom. The van der Waals surface area contributed by atoms with Gasteiger partial charge in [0.2, 0.25) is 5.89 Å². The monoisotopic (exact) mass is 444 g/mol. The number of carbonyl (C=O) groups is 1. The number of benzene rings is 1. The number of nitrogens with zero attached hydrogens (tertiary/aromatic N) is 2. The van der Waals surface area contributed by atoms with Gasteiger partial charge in [0, 0.05) is 45.2 Å². The lowest BCUT2D eigenvalue weighted by Crippen LogP contribution is -2.36. The minimum Gasteiger partial charge on any atom is -0.446 e. The van der Waals surface area contributed by atoms with E-state index in [9.17, 15) is 4.79 Å². The van der Waals surface area contributed by atoms with E-state index in [0.29, 0.717) is 50.3 Å². The number of aromatic nitrogens is 1. The number of nitrogens with one attached hydrogen (secondary N) is 2. The Bertz CT molecular complexity index is 837. The molecule has 0 aliphatic carbocycles. The molecule has 0 saturated heterocycles. The van der Waals surface area contributed by atoms with Crippen LogP contribution < -0.4 is 10.6 Å². The molecule has 2 aromatic rings. The summed E-state index contributed by atoms with van der Waals surface area (Å²) in [5.74, 6) is 0.452. The van der Waals surface area contributed by atoms with Gasteiger partial charge in [-0.1, -0.05) is 24.8 Å². The Morgan fingerprint density at radius 2 is 1.88 bits per heavy atom. The zero-order chi connectivity index (χ0) is 23.2. The normalized spacial score (nSPS) is 10.7. The molecule has 8 heteroatoms. The fraction of sp³-hybridized carbons (Fsp3) is 0.500. The van der Waals surface area contributed by atoms with E-state index in [2.05, 4.69) is 22.2 Å². The highest BCUT2D eigenvalue weighted by Crippen LogP contribution is 2.16. The maximum Gasteiger partial charge on any atom is 0.322 e. The Hall–Kier alpha value is -2.84. The second-order valence-electron chi connectivity index (χ2n) is 7.30. The molecule has 0 bridgehead atoms. The maximum atomic E-state index is 13.0. The summed E-state index contributed by atoms with van der Waals surface area (Å²) in [4.78, 5) is 19.1. The minimum absolute atomic E-state index is 0.205. The molecule has 0 radical (unpaired) electrons. The predicted octanol–water partition coefficient (Wildman–Crippen LogP) is 4.43. The topological polar surface area (TPSA) is 88.9 Å². The molecule has 2 amide bonds. The van der Waals surface area contributed by atoms with Crippen LogP contribution in [0.2, 0.25) is 0 Å². The summed E-state index contributed by atoms with van der Waals surface area (Å²) in [6, 6.07) is 7.48. The first-order valence-electron chi connectivity index (χ1n) is 11.2. The molecule has 1 aromatic carbocycles. The average Bonchev–Trinajstić information content (AvgIpc) is 3.26. The van der Waals surface area contributed by atoms with Crippen molar-refractivity contribution in [2.45, 2.75) is 40.2 Å². The lowest BCUT2D eigenvalue weighted by molar-refractivity contribution is 0.133. The van der Waals surface area contributed by atoms with Crippen LogP contribution in [0, 0.1) is 6.92 Å². The minimum atomic E-state index is -0.205. The summed E-state index contributed by atoms with van der Waals surface area (Å²) in [6.07, 6.45) is 3.16. The maximum absolute atomic E-state index is 13.0. The Morgan fingerprint density at radius 3 is 2.59 bits per heavy atom. The lowest BCUT2D eigenvalue weighted by Gasteiger charge is -2.22. The number of anilines is 1. The molecule has 0 saturated carbocycles. The van der Waals surface area contributed by atoms with Gasteiger partial charge in [-0.05, 0) is 45.2 Å². The lowest BCUT2D eigenvalue weighted by atomic mass is 10.2. The van der Waals surface area contributed by atoms with Crippen molar-refractivity contribution >= 4 is 17.4 Å². The van der Waals surface area contributed by atoms with Gasteiger partial charge >= 0.3 is 6.03 Å². The molecule has 0 spiro atoms. The first-order valence-corrected chi connectivity index (χ1v) is 11.2. The van der Waals surface area contributed by atoms with Crippen LogP contribution >= 0.6 is 0 Å². The highest BCUT2D eigenvalue weighted by molar-refractivity contribution is 5.90. The molecule has 0 aliphatic heterocycles. The summed E-state index contributed by atoms with van der Waals surface area (Å²) >= 11 is 0. The van der Waals surface area contributed by atoms with Crippen molar-refractivity contribution in [2.24, 2.45) is 0 Å². The van der Waals surface area contributed by atoms with Crippen LogP contribution in [0.1, 0.15) is 43.8 Å². The van der Waals surface area contributed by atoms with Crippen LogP contribution in [0.15, 0.2) is 41.5 Å². The van der Waals surface area contributed by atoms with E-state index < -0.39 is 0 Å². The Kier molecular flexibility index (Phi) is 11.3. The number of urea groups is 1. The van der Waals surface area contributed by atoms with Gasteiger partial charge in [-0.15, -0.1) is 0 Å². The largest absolute Gasteiger partial charge is 0.446 e. The third-order valence-electron chi connectivity index (χ3n) is 4.79. The summed E-state index contributed by atoms with van der Waals surface area (Å²) in [5, 5.41) is 6.21. The van der Waals surface area contributed by atoms with Crippen molar-refractivity contribution < 1.29 is 18.7 Å². The van der Waals surface area contributed by atoms with E-state index in [0.717, 1.165) is 30.6 Å². The van der Waals surface area contributed by atoms with Crippen molar-refractivity contribution in [1.29, 1.82) is 0 Å². The smallest absolute Gasteiger partial charge is 0.322 e. The molecule has 0 aliphatic rings. The quantitative estimate of drug-likeness (QED) is 0.395. The molecule has 0 fully saturated rings. The highest BCUT2D eigenvalue weighted by atomic mass is 16.5. The molecule has 1 heterocycles. The van der Waals surface area contributed by atoms with Crippen LogP contribution in [-0.2, 0) is 16.0 Å². The van der Waals surface area contributed by atoms with Gasteiger partial charge in [-0.3, -0.25) is 0 Å². The van der Waals surface area contributed by atoms with E-state index in [1.165, 1.54) is 0 Å². The number of hydrogen-bond donors (Lipinski definition) is 2. The molecule has 2 rings (SSSR count). The summed E-state index contributed by atoms with van der Waals surface area (Å²) < 4.78 is 16.4. The number of amides is 2. The summed E-state index contributed by atoms with van der Waals surface area (Å²) in [6.45, 7) is 14.1.